The van der Waals surface area contributed by atoms with Crippen LogP contribution in [-0.2, 0) is 13.1 Å². The smallest absolute Gasteiger partial charge is 0.0274 e. The molecule has 3 nitrogen and oxygen atoms in total. The van der Waals surface area contributed by atoms with Gasteiger partial charge >= 0.3 is 0 Å². The van der Waals surface area contributed by atoms with Crippen molar-refractivity contribution < 1.29 is 0 Å². The molecule has 116 valence electrons. The largest absolute Gasteiger partial charge is 0.326 e. The average Bonchev–Trinajstić information content (AvgIpc) is 2.82. The predicted octanol–water partition coefficient (Wildman–Crippen LogP) is 3.07. The van der Waals surface area contributed by atoms with E-state index in [-0.39, 0.29) is 0 Å². The zero-order valence-corrected chi connectivity index (χ0v) is 14.4. The summed E-state index contributed by atoms with van der Waals surface area (Å²) in [5.74, 6) is 0. The lowest BCUT2D eigenvalue weighted by Gasteiger charge is -2.23. The van der Waals surface area contributed by atoms with Crippen molar-refractivity contribution in [1.29, 1.82) is 0 Å². The van der Waals surface area contributed by atoms with E-state index in [0.29, 0.717) is 6.54 Å². The van der Waals surface area contributed by atoms with Gasteiger partial charge in [0.2, 0.25) is 0 Å². The van der Waals surface area contributed by atoms with Gasteiger partial charge in [-0.3, -0.25) is 4.90 Å². The monoisotopic (exact) mass is 297 g/mol. The number of hydrogen-bond acceptors (Lipinski definition) is 4. The van der Waals surface area contributed by atoms with Crippen LogP contribution in [0.15, 0.2) is 6.07 Å². The molecule has 1 heterocycles. The maximum absolute atomic E-state index is 5.73. The van der Waals surface area contributed by atoms with Crippen molar-refractivity contribution in [2.75, 3.05) is 32.7 Å². The first-order valence-corrected chi connectivity index (χ1v) is 8.69. The number of aryl methyl sites for hydroxylation is 1. The van der Waals surface area contributed by atoms with Crippen LogP contribution in [0.3, 0.4) is 0 Å². The maximum atomic E-state index is 5.73. The molecule has 1 aromatic heterocycles. The quantitative estimate of drug-likeness (QED) is 0.720. The van der Waals surface area contributed by atoms with Gasteiger partial charge in [-0.25, -0.2) is 0 Å². The molecule has 0 aliphatic carbocycles. The Morgan fingerprint density at radius 3 is 2.15 bits per heavy atom. The van der Waals surface area contributed by atoms with E-state index < -0.39 is 0 Å². The van der Waals surface area contributed by atoms with Gasteiger partial charge < -0.3 is 10.6 Å². The Labute approximate surface area is 128 Å². The van der Waals surface area contributed by atoms with Crippen LogP contribution < -0.4 is 5.73 Å². The molecule has 0 aliphatic rings. The maximum Gasteiger partial charge on any atom is 0.0274 e. The Hall–Kier alpha value is -0.420. The van der Waals surface area contributed by atoms with Gasteiger partial charge in [0.25, 0.3) is 0 Å². The summed E-state index contributed by atoms with van der Waals surface area (Å²) in [5, 5.41) is 0. The fourth-order valence-electron chi connectivity index (χ4n) is 2.49. The summed E-state index contributed by atoms with van der Waals surface area (Å²) in [7, 11) is 0. The first-order chi connectivity index (χ1) is 9.64. The zero-order chi connectivity index (χ0) is 15.0. The molecule has 0 amide bonds. The van der Waals surface area contributed by atoms with Gasteiger partial charge in [-0.15, -0.1) is 11.3 Å². The minimum Gasteiger partial charge on any atom is -0.326 e. The lowest BCUT2D eigenvalue weighted by atomic mass is 10.2. The summed E-state index contributed by atoms with van der Waals surface area (Å²) in [6.07, 6.45) is 1.25. The standard InChI is InChI=1S/C16H31N3S/c1-5-18(6-2)9-8-10-19(7-3)13-15-11-16(12-17)20-14(15)4/h11H,5-10,12-13,17H2,1-4H3. The topological polar surface area (TPSA) is 32.5 Å². The third-order valence-corrected chi connectivity index (χ3v) is 5.07. The Morgan fingerprint density at radius 2 is 1.65 bits per heavy atom. The number of nitrogens with zero attached hydrogens (tertiary/aromatic N) is 2. The van der Waals surface area contributed by atoms with Gasteiger partial charge in [-0.05, 0) is 57.7 Å². The number of thiophene rings is 1. The van der Waals surface area contributed by atoms with Crippen LogP contribution in [0.1, 0.15) is 42.5 Å². The average molecular weight is 298 g/mol. The van der Waals surface area contributed by atoms with Crippen LogP contribution in [0.2, 0.25) is 0 Å². The van der Waals surface area contributed by atoms with E-state index in [1.807, 2.05) is 11.3 Å². The SMILES string of the molecule is CCN(CC)CCCN(CC)Cc1cc(CN)sc1C. The second-order valence-corrected chi connectivity index (χ2v) is 6.59. The number of nitrogens with two attached hydrogens (primary N) is 1. The molecule has 2 N–H and O–H groups in total. The Bertz CT molecular complexity index is 372. The molecule has 0 radical (unpaired) electrons. The van der Waals surface area contributed by atoms with Crippen molar-refractivity contribution in [3.05, 3.63) is 21.4 Å². The van der Waals surface area contributed by atoms with Crippen LogP contribution in [0.4, 0.5) is 0 Å². The van der Waals surface area contributed by atoms with Gasteiger partial charge in [0, 0.05) is 22.8 Å². The van der Waals surface area contributed by atoms with Crippen LogP contribution >= 0.6 is 11.3 Å². The first kappa shape index (κ1) is 17.6. The van der Waals surface area contributed by atoms with Crippen LogP contribution in [0, 0.1) is 6.92 Å². The predicted molar refractivity (Wildman–Crippen MR) is 90.3 cm³/mol. The molecule has 4 heteroatoms. The minimum atomic E-state index is 0.666. The van der Waals surface area contributed by atoms with Crippen molar-refractivity contribution in [1.82, 2.24) is 9.80 Å². The molecule has 0 spiro atoms. The molecule has 0 atom stereocenters. The van der Waals surface area contributed by atoms with Crippen molar-refractivity contribution in [3.8, 4) is 0 Å². The van der Waals surface area contributed by atoms with Crippen LogP contribution in [0.25, 0.3) is 0 Å². The molecular formula is C16H31N3S. The van der Waals surface area contributed by atoms with Crippen molar-refractivity contribution in [2.45, 2.75) is 47.2 Å². The van der Waals surface area contributed by atoms with E-state index in [1.54, 1.807) is 0 Å². The fourth-order valence-corrected chi connectivity index (χ4v) is 3.43. The second-order valence-electron chi connectivity index (χ2n) is 5.25. The fraction of sp³-hybridized carbons (Fsp3) is 0.750. The summed E-state index contributed by atoms with van der Waals surface area (Å²) >= 11 is 1.84. The Balaban J connectivity index is 2.44. The highest BCUT2D eigenvalue weighted by atomic mass is 32.1. The molecule has 0 aliphatic heterocycles. The summed E-state index contributed by atoms with van der Waals surface area (Å²) in [6.45, 7) is 16.5. The van der Waals surface area contributed by atoms with Crippen molar-refractivity contribution in [3.63, 3.8) is 0 Å². The van der Waals surface area contributed by atoms with E-state index in [4.69, 9.17) is 5.73 Å². The highest BCUT2D eigenvalue weighted by Gasteiger charge is 2.09. The van der Waals surface area contributed by atoms with Crippen molar-refractivity contribution in [2.24, 2.45) is 5.73 Å². The van der Waals surface area contributed by atoms with E-state index in [1.165, 1.54) is 34.8 Å². The van der Waals surface area contributed by atoms with Gasteiger partial charge in [0.1, 0.15) is 0 Å². The molecule has 0 fully saturated rings. The molecule has 1 rings (SSSR count). The third-order valence-electron chi connectivity index (χ3n) is 3.96. The van der Waals surface area contributed by atoms with E-state index in [2.05, 4.69) is 43.6 Å². The highest BCUT2D eigenvalue weighted by molar-refractivity contribution is 7.12. The lowest BCUT2D eigenvalue weighted by molar-refractivity contribution is 0.238. The van der Waals surface area contributed by atoms with Crippen LogP contribution in [0.5, 0.6) is 0 Å². The molecular weight excluding hydrogens is 266 g/mol. The highest BCUT2D eigenvalue weighted by Crippen LogP contribution is 2.22. The van der Waals surface area contributed by atoms with E-state index >= 15 is 0 Å². The molecule has 0 bridgehead atoms. The zero-order valence-electron chi connectivity index (χ0n) is 13.6. The first-order valence-electron chi connectivity index (χ1n) is 7.87. The summed E-state index contributed by atoms with van der Waals surface area (Å²) in [4.78, 5) is 7.76. The minimum absolute atomic E-state index is 0.666. The van der Waals surface area contributed by atoms with Gasteiger partial charge in [-0.2, -0.15) is 0 Å². The molecule has 0 saturated heterocycles. The molecule has 20 heavy (non-hydrogen) atoms. The van der Waals surface area contributed by atoms with Gasteiger partial charge in [0.15, 0.2) is 0 Å². The molecule has 0 aromatic carbocycles. The second kappa shape index (κ2) is 9.50. The number of hydrogen-bond donors (Lipinski definition) is 1. The summed E-state index contributed by atoms with van der Waals surface area (Å²) < 4.78 is 0. The molecule has 0 saturated carbocycles. The summed E-state index contributed by atoms with van der Waals surface area (Å²) in [6, 6.07) is 2.28. The van der Waals surface area contributed by atoms with Gasteiger partial charge in [-0.1, -0.05) is 20.8 Å². The normalized spacial score (nSPS) is 11.8. The Morgan fingerprint density at radius 1 is 1.05 bits per heavy atom. The van der Waals surface area contributed by atoms with Gasteiger partial charge in [0.05, 0.1) is 0 Å². The summed E-state index contributed by atoms with van der Waals surface area (Å²) in [5.41, 5.74) is 7.19. The number of rotatable bonds is 10. The van der Waals surface area contributed by atoms with E-state index in [0.717, 1.165) is 26.2 Å². The molecule has 0 unspecified atom stereocenters. The van der Waals surface area contributed by atoms with E-state index in [9.17, 15) is 0 Å². The third kappa shape index (κ3) is 5.52. The van der Waals surface area contributed by atoms with Crippen molar-refractivity contribution >= 4 is 11.3 Å². The Kier molecular flexibility index (Phi) is 8.38. The van der Waals surface area contributed by atoms with Crippen LogP contribution in [-0.4, -0.2) is 42.5 Å². The molecule has 1 aromatic rings. The lowest BCUT2D eigenvalue weighted by Crippen LogP contribution is -2.29.